The van der Waals surface area contributed by atoms with E-state index >= 15 is 0 Å². The van der Waals surface area contributed by atoms with Gasteiger partial charge in [0.25, 0.3) is 0 Å². The molecule has 0 bridgehead atoms. The van der Waals surface area contributed by atoms with Crippen molar-refractivity contribution < 1.29 is 4.74 Å². The average molecular weight is 422 g/mol. The molecule has 4 rings (SSSR count). The Morgan fingerprint density at radius 1 is 1.23 bits per heavy atom. The fourth-order valence-corrected chi connectivity index (χ4v) is 4.09. The van der Waals surface area contributed by atoms with Crippen LogP contribution in [0, 0.1) is 0 Å². The van der Waals surface area contributed by atoms with Crippen molar-refractivity contribution in [3.63, 3.8) is 0 Å². The summed E-state index contributed by atoms with van der Waals surface area (Å²) in [5.41, 5.74) is 2.91. The maximum absolute atomic E-state index is 6.35. The van der Waals surface area contributed by atoms with Crippen LogP contribution in [0.1, 0.15) is 33.6 Å². The lowest BCUT2D eigenvalue weighted by molar-refractivity contribution is 0.163. The van der Waals surface area contributed by atoms with Crippen molar-refractivity contribution in [1.29, 1.82) is 0 Å². The molecule has 1 aliphatic heterocycles. The molecule has 0 saturated carbocycles. The third-order valence-electron chi connectivity index (χ3n) is 5.32. The molecule has 6 nitrogen and oxygen atoms in total. The number of nitrogens with zero attached hydrogens (tertiary/aromatic N) is 3. The van der Waals surface area contributed by atoms with Crippen LogP contribution in [0.5, 0.6) is 5.75 Å². The third kappa shape index (κ3) is 4.52. The maximum atomic E-state index is 6.35. The van der Waals surface area contributed by atoms with Gasteiger partial charge in [0.1, 0.15) is 17.7 Å². The normalized spacial score (nSPS) is 17.3. The Hall–Kier alpha value is -2.77. The molecule has 2 N–H and O–H groups in total. The first-order chi connectivity index (χ1) is 14.7. The van der Waals surface area contributed by atoms with Crippen molar-refractivity contribution >= 4 is 33.8 Å². The van der Waals surface area contributed by atoms with Crippen LogP contribution in [0.15, 0.2) is 40.8 Å². The fourth-order valence-electron chi connectivity index (χ4n) is 3.54. The van der Waals surface area contributed by atoms with Gasteiger partial charge in [0, 0.05) is 17.3 Å². The Bertz CT molecular complexity index is 1140. The van der Waals surface area contributed by atoms with Gasteiger partial charge in [-0.25, -0.2) is 15.0 Å². The van der Waals surface area contributed by atoms with Gasteiger partial charge in [-0.1, -0.05) is 18.2 Å². The van der Waals surface area contributed by atoms with Crippen molar-refractivity contribution in [2.75, 3.05) is 13.1 Å². The van der Waals surface area contributed by atoms with Crippen molar-refractivity contribution in [2.45, 2.75) is 39.7 Å². The van der Waals surface area contributed by atoms with E-state index in [0.29, 0.717) is 0 Å². The highest BCUT2D eigenvalue weighted by molar-refractivity contribution is 7.13. The molecular weight excluding hydrogens is 394 g/mol. The van der Waals surface area contributed by atoms with Gasteiger partial charge in [0.15, 0.2) is 0 Å². The van der Waals surface area contributed by atoms with E-state index in [1.54, 1.807) is 6.20 Å². The van der Waals surface area contributed by atoms with Crippen LogP contribution < -0.4 is 20.8 Å². The number of aromatic amines is 1. The summed E-state index contributed by atoms with van der Waals surface area (Å²) < 4.78 is 6.35. The zero-order valence-corrected chi connectivity index (χ0v) is 18.4. The van der Waals surface area contributed by atoms with E-state index in [9.17, 15) is 0 Å². The van der Waals surface area contributed by atoms with Gasteiger partial charge in [-0.3, -0.25) is 0 Å². The van der Waals surface area contributed by atoms with Crippen LogP contribution in [0.3, 0.4) is 0 Å². The Balaban J connectivity index is 1.73. The molecule has 2 aromatic heterocycles. The molecule has 30 heavy (non-hydrogen) atoms. The average Bonchev–Trinajstić information content (AvgIpc) is 3.44. The van der Waals surface area contributed by atoms with E-state index in [4.69, 9.17) is 9.72 Å². The molecule has 156 valence electrons. The number of ether oxygens (including phenoxy) is 1. The number of thiazole rings is 1. The molecule has 1 saturated heterocycles. The van der Waals surface area contributed by atoms with Crippen LogP contribution in [0.2, 0.25) is 0 Å². The van der Waals surface area contributed by atoms with E-state index in [0.717, 1.165) is 70.2 Å². The molecule has 3 aromatic rings. The van der Waals surface area contributed by atoms with Crippen LogP contribution in [-0.2, 0) is 0 Å². The van der Waals surface area contributed by atoms with Crippen LogP contribution >= 0.6 is 11.3 Å². The summed E-state index contributed by atoms with van der Waals surface area (Å²) in [7, 11) is 0. The highest BCUT2D eigenvalue weighted by Crippen LogP contribution is 2.28. The molecule has 0 aliphatic carbocycles. The van der Waals surface area contributed by atoms with Crippen molar-refractivity contribution in [1.82, 2.24) is 20.3 Å². The first-order valence-electron chi connectivity index (χ1n) is 10.3. The van der Waals surface area contributed by atoms with E-state index in [1.165, 1.54) is 11.3 Å². The van der Waals surface area contributed by atoms with Gasteiger partial charge in [0.05, 0.1) is 16.3 Å². The molecule has 0 radical (unpaired) electrons. The summed E-state index contributed by atoms with van der Waals surface area (Å²) in [5, 5.41) is 7.95. The summed E-state index contributed by atoms with van der Waals surface area (Å²) in [6.45, 7) is 8.06. The minimum Gasteiger partial charge on any atom is -0.490 e. The highest BCUT2D eigenvalue weighted by atomic mass is 32.1. The summed E-state index contributed by atoms with van der Waals surface area (Å²) in [6.07, 6.45) is 6.08. The van der Waals surface area contributed by atoms with Crippen LogP contribution in [0.25, 0.3) is 23.0 Å². The van der Waals surface area contributed by atoms with Crippen LogP contribution in [-0.4, -0.2) is 39.9 Å². The van der Waals surface area contributed by atoms with E-state index in [1.807, 2.05) is 43.5 Å². The third-order valence-corrected chi connectivity index (χ3v) is 5.99. The molecule has 3 heterocycles. The lowest BCUT2D eigenvalue weighted by Crippen LogP contribution is -2.34. The molecule has 0 atom stereocenters. The number of para-hydroxylation sites is 1. The zero-order chi connectivity index (χ0) is 20.9. The smallest absolute Gasteiger partial charge is 0.209 e. The number of hydrogen-bond donors (Lipinski definition) is 2. The minimum absolute atomic E-state index is 0.236. The van der Waals surface area contributed by atoms with Crippen molar-refractivity contribution in [3.05, 3.63) is 46.5 Å². The number of piperidine rings is 1. The molecule has 0 unspecified atom stereocenters. The van der Waals surface area contributed by atoms with Gasteiger partial charge in [-0.05, 0) is 64.4 Å². The van der Waals surface area contributed by atoms with Gasteiger partial charge in [0.2, 0.25) is 5.13 Å². The number of rotatable bonds is 5. The summed E-state index contributed by atoms with van der Waals surface area (Å²) in [6, 6.07) is 8.12. The highest BCUT2D eigenvalue weighted by Gasteiger charge is 2.18. The predicted octanol–water partition coefficient (Wildman–Crippen LogP) is 3.43. The molecule has 1 fully saturated rings. The fraction of sp³-hybridized carbons (Fsp3) is 0.348. The largest absolute Gasteiger partial charge is 0.490 e. The SMILES string of the molecule is C/C=c1/[nH]c(-c2ccccc2OC2CCNCC2)n/c1=C(/C)C(C)=Nc1nccs1. The molecule has 0 amide bonds. The van der Waals surface area contributed by atoms with E-state index < -0.39 is 0 Å². The second-order valence-corrected chi connectivity index (χ2v) is 8.21. The first kappa shape index (κ1) is 20.5. The number of hydrogen-bond acceptors (Lipinski definition) is 6. The van der Waals surface area contributed by atoms with Gasteiger partial charge >= 0.3 is 0 Å². The number of nitrogens with one attached hydrogen (secondary N) is 2. The summed E-state index contributed by atoms with van der Waals surface area (Å²) >= 11 is 1.53. The van der Waals surface area contributed by atoms with Crippen molar-refractivity contribution in [3.8, 4) is 17.1 Å². The molecule has 7 heteroatoms. The number of imidazole rings is 1. The monoisotopic (exact) mass is 421 g/mol. The van der Waals surface area contributed by atoms with Crippen LogP contribution in [0.4, 0.5) is 5.13 Å². The predicted molar refractivity (Wildman–Crippen MR) is 124 cm³/mol. The van der Waals surface area contributed by atoms with Crippen molar-refractivity contribution in [2.24, 2.45) is 4.99 Å². The number of aliphatic imine (C=N–C) groups is 1. The van der Waals surface area contributed by atoms with E-state index in [2.05, 4.69) is 33.3 Å². The lowest BCUT2D eigenvalue weighted by atomic mass is 10.1. The van der Waals surface area contributed by atoms with Gasteiger partial charge < -0.3 is 15.0 Å². The quantitative estimate of drug-likeness (QED) is 0.619. The Morgan fingerprint density at radius 2 is 2.03 bits per heavy atom. The summed E-state index contributed by atoms with van der Waals surface area (Å²) in [4.78, 5) is 17.3. The zero-order valence-electron chi connectivity index (χ0n) is 17.6. The second kappa shape index (κ2) is 9.36. The Kier molecular flexibility index (Phi) is 6.40. The standard InChI is InChI=1S/C23H27N5OS/c1-4-19-21(15(2)16(3)26-23-25-13-14-30-23)28-22(27-19)18-7-5-6-8-20(18)29-17-9-11-24-12-10-17/h4-8,13-14,17,24H,9-12H2,1-3H3,(H,27,28)/b19-4+,21-15-,26-16?. The van der Waals surface area contributed by atoms with Gasteiger partial charge in [-0.15, -0.1) is 11.3 Å². The second-order valence-electron chi connectivity index (χ2n) is 7.34. The molecular formula is C23H27N5OS. The lowest BCUT2D eigenvalue weighted by Gasteiger charge is -2.24. The number of benzene rings is 1. The topological polar surface area (TPSA) is 75.2 Å². The maximum Gasteiger partial charge on any atom is 0.209 e. The molecule has 0 spiro atoms. The summed E-state index contributed by atoms with van der Waals surface area (Å²) in [5.74, 6) is 1.68. The molecule has 1 aromatic carbocycles. The number of H-pyrrole nitrogens is 1. The Labute approximate surface area is 180 Å². The Morgan fingerprint density at radius 3 is 2.77 bits per heavy atom. The number of aromatic nitrogens is 3. The minimum atomic E-state index is 0.236. The van der Waals surface area contributed by atoms with Gasteiger partial charge in [-0.2, -0.15) is 0 Å². The molecule has 1 aliphatic rings. The first-order valence-corrected chi connectivity index (χ1v) is 11.2. The van der Waals surface area contributed by atoms with E-state index in [-0.39, 0.29) is 6.10 Å².